The summed E-state index contributed by atoms with van der Waals surface area (Å²) in [5, 5.41) is 5.77. The minimum absolute atomic E-state index is 0.124. The molecule has 0 spiro atoms. The molecule has 0 saturated heterocycles. The van der Waals surface area contributed by atoms with Gasteiger partial charge >= 0.3 is 6.03 Å². The first-order chi connectivity index (χ1) is 8.00. The van der Waals surface area contributed by atoms with Crippen molar-refractivity contribution in [3.63, 3.8) is 0 Å². The molecule has 0 unspecified atom stereocenters. The maximum absolute atomic E-state index is 11.2. The highest BCUT2D eigenvalue weighted by Gasteiger charge is 2.04. The molecule has 0 radical (unpaired) electrons. The van der Waals surface area contributed by atoms with E-state index in [0.29, 0.717) is 24.6 Å². The van der Waals surface area contributed by atoms with E-state index in [1.54, 1.807) is 14.1 Å². The Morgan fingerprint density at radius 1 is 1.53 bits per heavy atom. The standard InChI is InChI=1S/C9H15ClN6O/c1-16(2)9(17)13-4-3-12-7-6(11)5-14-8(10)15-7/h5H,3-4,11H2,1-2H3,(H,13,17)(H,12,14,15). The van der Waals surface area contributed by atoms with Crippen LogP contribution in [0.1, 0.15) is 0 Å². The zero-order valence-electron chi connectivity index (χ0n) is 9.70. The Kier molecular flexibility index (Phi) is 4.77. The summed E-state index contributed by atoms with van der Waals surface area (Å²) in [4.78, 5) is 20.3. The van der Waals surface area contributed by atoms with Crippen molar-refractivity contribution < 1.29 is 4.79 Å². The number of carbonyl (C=O) groups excluding carboxylic acids is 1. The van der Waals surface area contributed by atoms with E-state index in [2.05, 4.69) is 20.6 Å². The van der Waals surface area contributed by atoms with Crippen molar-refractivity contribution in [3.8, 4) is 0 Å². The van der Waals surface area contributed by atoms with Crippen LogP contribution in [0.25, 0.3) is 0 Å². The number of hydrogen-bond donors (Lipinski definition) is 3. The molecule has 17 heavy (non-hydrogen) atoms. The fourth-order valence-electron chi connectivity index (χ4n) is 1.02. The zero-order chi connectivity index (χ0) is 12.8. The van der Waals surface area contributed by atoms with Gasteiger partial charge in [-0.1, -0.05) is 0 Å². The van der Waals surface area contributed by atoms with E-state index in [0.717, 1.165) is 0 Å². The fourth-order valence-corrected chi connectivity index (χ4v) is 1.15. The molecule has 0 aliphatic carbocycles. The number of nitrogens with one attached hydrogen (secondary N) is 2. The SMILES string of the molecule is CN(C)C(=O)NCCNc1nc(Cl)ncc1N. The van der Waals surface area contributed by atoms with E-state index in [-0.39, 0.29) is 11.3 Å². The number of halogens is 1. The van der Waals surface area contributed by atoms with E-state index in [4.69, 9.17) is 17.3 Å². The normalized spacial score (nSPS) is 9.82. The molecule has 0 aliphatic heterocycles. The lowest BCUT2D eigenvalue weighted by molar-refractivity contribution is 0.218. The van der Waals surface area contributed by atoms with Crippen LogP contribution in [-0.4, -0.2) is 48.1 Å². The maximum atomic E-state index is 11.2. The molecule has 0 saturated carbocycles. The highest BCUT2D eigenvalue weighted by Crippen LogP contribution is 2.14. The van der Waals surface area contributed by atoms with Crippen molar-refractivity contribution in [3.05, 3.63) is 11.5 Å². The van der Waals surface area contributed by atoms with Gasteiger partial charge in [0.15, 0.2) is 5.82 Å². The smallest absolute Gasteiger partial charge is 0.316 e. The van der Waals surface area contributed by atoms with Gasteiger partial charge in [-0.05, 0) is 11.6 Å². The number of nitrogens with zero attached hydrogens (tertiary/aromatic N) is 3. The molecule has 94 valence electrons. The predicted octanol–water partition coefficient (Wildman–Crippen LogP) is 0.395. The molecule has 0 bridgehead atoms. The van der Waals surface area contributed by atoms with E-state index >= 15 is 0 Å². The van der Waals surface area contributed by atoms with Crippen LogP contribution in [0.5, 0.6) is 0 Å². The summed E-state index contributed by atoms with van der Waals surface area (Å²) in [5.74, 6) is 0.462. The molecular weight excluding hydrogens is 244 g/mol. The van der Waals surface area contributed by atoms with Gasteiger partial charge in [0.05, 0.1) is 11.9 Å². The molecule has 1 heterocycles. The van der Waals surface area contributed by atoms with Gasteiger partial charge in [0.25, 0.3) is 0 Å². The first-order valence-corrected chi connectivity index (χ1v) is 5.35. The van der Waals surface area contributed by atoms with Crippen LogP contribution in [0.4, 0.5) is 16.3 Å². The van der Waals surface area contributed by atoms with Gasteiger partial charge < -0.3 is 21.3 Å². The molecule has 2 amide bonds. The van der Waals surface area contributed by atoms with Crippen molar-refractivity contribution >= 4 is 29.1 Å². The molecule has 0 fully saturated rings. The predicted molar refractivity (Wildman–Crippen MR) is 67.0 cm³/mol. The number of aromatic nitrogens is 2. The average Bonchev–Trinajstić information content (AvgIpc) is 2.28. The lowest BCUT2D eigenvalue weighted by Crippen LogP contribution is -2.37. The number of rotatable bonds is 4. The zero-order valence-corrected chi connectivity index (χ0v) is 10.5. The molecule has 0 aliphatic rings. The summed E-state index contributed by atoms with van der Waals surface area (Å²) >= 11 is 5.63. The number of carbonyl (C=O) groups is 1. The number of amides is 2. The largest absolute Gasteiger partial charge is 0.394 e. The van der Waals surface area contributed by atoms with Crippen molar-refractivity contribution in [1.82, 2.24) is 20.2 Å². The Labute approximate surface area is 104 Å². The molecule has 7 nitrogen and oxygen atoms in total. The van der Waals surface area contributed by atoms with Gasteiger partial charge in [0, 0.05) is 27.2 Å². The van der Waals surface area contributed by atoms with Gasteiger partial charge in [-0.3, -0.25) is 0 Å². The Hall–Kier alpha value is -1.76. The van der Waals surface area contributed by atoms with Gasteiger partial charge in [-0.25, -0.2) is 9.78 Å². The average molecular weight is 259 g/mol. The minimum atomic E-state index is -0.152. The van der Waals surface area contributed by atoms with Gasteiger partial charge in [0.1, 0.15) is 0 Å². The maximum Gasteiger partial charge on any atom is 0.316 e. The first-order valence-electron chi connectivity index (χ1n) is 4.97. The molecule has 1 aromatic rings. The molecule has 1 rings (SSSR count). The third-order valence-electron chi connectivity index (χ3n) is 1.89. The minimum Gasteiger partial charge on any atom is -0.394 e. The van der Waals surface area contributed by atoms with Crippen molar-refractivity contribution in [2.24, 2.45) is 0 Å². The quantitative estimate of drug-likeness (QED) is 0.536. The topological polar surface area (TPSA) is 96.2 Å². The monoisotopic (exact) mass is 258 g/mol. The number of nitrogen functional groups attached to an aromatic ring is 1. The van der Waals surface area contributed by atoms with Crippen LogP contribution in [0.2, 0.25) is 5.28 Å². The van der Waals surface area contributed by atoms with Gasteiger partial charge in [0.2, 0.25) is 5.28 Å². The molecular formula is C9H15ClN6O. The Balaban J connectivity index is 2.36. The van der Waals surface area contributed by atoms with E-state index in [1.165, 1.54) is 11.1 Å². The summed E-state index contributed by atoms with van der Waals surface area (Å²) in [7, 11) is 3.34. The fraction of sp³-hybridized carbons (Fsp3) is 0.444. The van der Waals surface area contributed by atoms with E-state index in [9.17, 15) is 4.79 Å². The first kappa shape index (κ1) is 13.3. The Morgan fingerprint density at radius 2 is 2.24 bits per heavy atom. The van der Waals surface area contributed by atoms with Crippen molar-refractivity contribution in [2.45, 2.75) is 0 Å². The van der Waals surface area contributed by atoms with Crippen LogP contribution < -0.4 is 16.4 Å². The summed E-state index contributed by atoms with van der Waals surface area (Å²) in [5.41, 5.74) is 6.05. The molecule has 4 N–H and O–H groups in total. The van der Waals surface area contributed by atoms with Crippen LogP contribution in [0.15, 0.2) is 6.20 Å². The van der Waals surface area contributed by atoms with Gasteiger partial charge in [-0.15, -0.1) is 0 Å². The number of nitrogens with two attached hydrogens (primary N) is 1. The highest BCUT2D eigenvalue weighted by atomic mass is 35.5. The third-order valence-corrected chi connectivity index (χ3v) is 2.07. The molecule has 0 aromatic carbocycles. The van der Waals surface area contributed by atoms with Crippen molar-refractivity contribution in [1.29, 1.82) is 0 Å². The summed E-state index contributed by atoms with van der Waals surface area (Å²) in [6, 6.07) is -0.152. The van der Waals surface area contributed by atoms with Crippen LogP contribution in [-0.2, 0) is 0 Å². The lowest BCUT2D eigenvalue weighted by Gasteiger charge is -2.12. The second-order valence-corrected chi connectivity index (χ2v) is 3.83. The highest BCUT2D eigenvalue weighted by molar-refractivity contribution is 6.28. The molecule has 1 aromatic heterocycles. The third kappa shape index (κ3) is 4.31. The summed E-state index contributed by atoms with van der Waals surface area (Å²) < 4.78 is 0. The number of hydrogen-bond acceptors (Lipinski definition) is 5. The van der Waals surface area contributed by atoms with Gasteiger partial charge in [-0.2, -0.15) is 4.98 Å². The van der Waals surface area contributed by atoms with Crippen LogP contribution >= 0.6 is 11.6 Å². The summed E-state index contributed by atoms with van der Waals surface area (Å²) in [6.07, 6.45) is 1.43. The van der Waals surface area contributed by atoms with Crippen LogP contribution in [0.3, 0.4) is 0 Å². The summed E-state index contributed by atoms with van der Waals surface area (Å²) in [6.45, 7) is 0.954. The Bertz CT molecular complexity index is 397. The number of anilines is 2. The van der Waals surface area contributed by atoms with E-state index < -0.39 is 0 Å². The van der Waals surface area contributed by atoms with Crippen LogP contribution in [0, 0.1) is 0 Å². The lowest BCUT2D eigenvalue weighted by atomic mass is 10.4. The van der Waals surface area contributed by atoms with E-state index in [1.807, 2.05) is 0 Å². The van der Waals surface area contributed by atoms with Crippen molar-refractivity contribution in [2.75, 3.05) is 38.2 Å². The second-order valence-electron chi connectivity index (χ2n) is 3.50. The Morgan fingerprint density at radius 3 is 2.88 bits per heavy atom. The molecule has 0 atom stereocenters. The second kappa shape index (κ2) is 6.09. The number of urea groups is 1. The molecule has 8 heteroatoms.